The fourth-order valence-electron chi connectivity index (χ4n) is 1.11. The van der Waals surface area contributed by atoms with Gasteiger partial charge < -0.3 is 4.74 Å². The monoisotopic (exact) mass is 289 g/mol. The van der Waals surface area contributed by atoms with Gasteiger partial charge in [-0.25, -0.2) is 18.6 Å². The molecule has 0 saturated heterocycles. The Morgan fingerprint density at radius 3 is 2.39 bits per heavy atom. The molecule has 0 unspecified atom stereocenters. The van der Waals surface area contributed by atoms with E-state index < -0.39 is 40.5 Å². The van der Waals surface area contributed by atoms with E-state index in [0.717, 1.165) is 7.11 Å². The van der Waals surface area contributed by atoms with Crippen molar-refractivity contribution in [2.45, 2.75) is 12.6 Å². The maximum Gasteiger partial charge on any atom is 0.417 e. The number of halogens is 6. The third kappa shape index (κ3) is 2.87. The molecular weight excluding hydrogens is 285 g/mol. The number of pyridine rings is 1. The molecule has 0 aromatic carbocycles. The van der Waals surface area contributed by atoms with Gasteiger partial charge in [-0.15, -0.1) is 0 Å². The number of methoxy groups -OCH3 is 1. The van der Waals surface area contributed by atoms with Crippen molar-refractivity contribution in [1.82, 2.24) is 4.98 Å². The molecule has 100 valence electrons. The molecule has 9 heteroatoms. The largest absolute Gasteiger partial charge is 0.464 e. The lowest BCUT2D eigenvalue weighted by Crippen LogP contribution is -2.14. The van der Waals surface area contributed by atoms with Crippen LogP contribution in [0.5, 0.6) is 0 Å². The Morgan fingerprint density at radius 1 is 1.44 bits per heavy atom. The molecule has 0 atom stereocenters. The number of hydrogen-bond donors (Lipinski definition) is 0. The minimum absolute atomic E-state index is 0.264. The summed E-state index contributed by atoms with van der Waals surface area (Å²) in [6.07, 6.45) is -8.32. The second-order valence-electron chi connectivity index (χ2n) is 3.04. The van der Waals surface area contributed by atoms with Gasteiger partial charge in [-0.05, 0) is 6.07 Å². The van der Waals surface area contributed by atoms with E-state index in [1.165, 1.54) is 0 Å². The summed E-state index contributed by atoms with van der Waals surface area (Å²) in [5.74, 6) is -1.26. The fourth-order valence-corrected chi connectivity index (χ4v) is 1.40. The molecule has 0 N–H and O–H groups in total. The Labute approximate surface area is 103 Å². The first kappa shape index (κ1) is 14.6. The molecule has 1 aromatic heterocycles. The minimum atomic E-state index is -4.98. The van der Waals surface area contributed by atoms with Crippen molar-refractivity contribution in [3.8, 4) is 0 Å². The summed E-state index contributed by atoms with van der Waals surface area (Å²) in [5.41, 5.74) is -3.76. The van der Waals surface area contributed by atoms with Gasteiger partial charge in [0.25, 0.3) is 6.43 Å². The van der Waals surface area contributed by atoms with Gasteiger partial charge in [0.2, 0.25) is 0 Å². The van der Waals surface area contributed by atoms with Crippen molar-refractivity contribution < 1.29 is 31.5 Å². The van der Waals surface area contributed by atoms with Crippen LogP contribution in [0.1, 0.15) is 28.2 Å². The average molecular weight is 290 g/mol. The summed E-state index contributed by atoms with van der Waals surface area (Å²) in [5, 5.41) is -1.23. The second kappa shape index (κ2) is 5.05. The predicted octanol–water partition coefficient (Wildman–Crippen LogP) is 3.48. The minimum Gasteiger partial charge on any atom is -0.464 e. The van der Waals surface area contributed by atoms with E-state index in [9.17, 15) is 26.7 Å². The molecule has 0 saturated carbocycles. The SMILES string of the molecule is COC(=O)c1cc(C(F)(F)F)c(Cl)c(C(F)F)n1. The molecule has 1 heterocycles. The summed E-state index contributed by atoms with van der Waals surface area (Å²) in [4.78, 5) is 14.1. The lowest BCUT2D eigenvalue weighted by Gasteiger charge is -2.13. The summed E-state index contributed by atoms with van der Waals surface area (Å²) < 4.78 is 66.7. The van der Waals surface area contributed by atoms with Crippen molar-refractivity contribution in [1.29, 1.82) is 0 Å². The summed E-state index contributed by atoms with van der Waals surface area (Å²) in [7, 11) is 0.883. The number of esters is 1. The maximum absolute atomic E-state index is 12.5. The van der Waals surface area contributed by atoms with Crippen molar-refractivity contribution >= 4 is 17.6 Å². The highest BCUT2D eigenvalue weighted by Gasteiger charge is 2.37. The van der Waals surface area contributed by atoms with Crippen LogP contribution in [0.25, 0.3) is 0 Å². The van der Waals surface area contributed by atoms with Crippen LogP contribution >= 0.6 is 11.6 Å². The summed E-state index contributed by atoms with van der Waals surface area (Å²) >= 11 is 5.19. The van der Waals surface area contributed by atoms with Gasteiger partial charge in [-0.3, -0.25) is 0 Å². The predicted molar refractivity (Wildman–Crippen MR) is 50.5 cm³/mol. The smallest absolute Gasteiger partial charge is 0.417 e. The Bertz CT molecular complexity index is 475. The van der Waals surface area contributed by atoms with E-state index in [1.807, 2.05) is 0 Å². The van der Waals surface area contributed by atoms with Crippen molar-refractivity contribution in [2.24, 2.45) is 0 Å². The maximum atomic E-state index is 12.5. The van der Waals surface area contributed by atoms with Gasteiger partial charge in [0.1, 0.15) is 11.4 Å². The van der Waals surface area contributed by atoms with Gasteiger partial charge in [0, 0.05) is 0 Å². The number of alkyl halides is 5. The molecule has 18 heavy (non-hydrogen) atoms. The molecule has 0 spiro atoms. The second-order valence-corrected chi connectivity index (χ2v) is 3.42. The van der Waals surface area contributed by atoms with Gasteiger partial charge in [-0.1, -0.05) is 11.6 Å². The van der Waals surface area contributed by atoms with Gasteiger partial charge in [-0.2, -0.15) is 13.2 Å². The molecule has 0 aliphatic carbocycles. The molecule has 0 aliphatic heterocycles. The van der Waals surface area contributed by atoms with Crippen molar-refractivity contribution in [3.63, 3.8) is 0 Å². The molecule has 3 nitrogen and oxygen atoms in total. The van der Waals surface area contributed by atoms with Crippen molar-refractivity contribution in [2.75, 3.05) is 7.11 Å². The first-order valence-electron chi connectivity index (χ1n) is 4.32. The molecule has 0 radical (unpaired) electrons. The van der Waals surface area contributed by atoms with E-state index in [1.54, 1.807) is 0 Å². The molecule has 0 fully saturated rings. The third-order valence-electron chi connectivity index (χ3n) is 1.89. The molecule has 1 rings (SSSR count). The van der Waals surface area contributed by atoms with Gasteiger partial charge >= 0.3 is 12.1 Å². The number of aromatic nitrogens is 1. The Morgan fingerprint density at radius 2 is 2.00 bits per heavy atom. The number of carbonyl (C=O) groups is 1. The van der Waals surface area contributed by atoms with Crippen LogP contribution in [0.2, 0.25) is 5.02 Å². The topological polar surface area (TPSA) is 39.2 Å². The number of carbonyl (C=O) groups excluding carboxylic acids is 1. The standard InChI is InChI=1S/C9H5ClF5NO2/c1-18-8(17)4-2-3(9(13,14)15)5(10)6(16-4)7(11)12/h2,7H,1H3. The fraction of sp³-hybridized carbons (Fsp3) is 0.333. The van der Waals surface area contributed by atoms with Crippen LogP contribution in [0, 0.1) is 0 Å². The molecule has 0 aliphatic rings. The van der Waals surface area contributed by atoms with E-state index >= 15 is 0 Å². The first-order chi connectivity index (χ1) is 8.18. The number of nitrogens with zero attached hydrogens (tertiary/aromatic N) is 1. The van der Waals surface area contributed by atoms with E-state index in [-0.39, 0.29) is 6.07 Å². The summed E-state index contributed by atoms with van der Waals surface area (Å²) in [6, 6.07) is 0.264. The van der Waals surface area contributed by atoms with E-state index in [2.05, 4.69) is 9.72 Å². The lowest BCUT2D eigenvalue weighted by molar-refractivity contribution is -0.137. The average Bonchev–Trinajstić information content (AvgIpc) is 2.26. The van der Waals surface area contributed by atoms with E-state index in [0.29, 0.717) is 0 Å². The van der Waals surface area contributed by atoms with Crippen LogP contribution in [-0.2, 0) is 10.9 Å². The number of ether oxygens (including phenoxy) is 1. The summed E-state index contributed by atoms with van der Waals surface area (Å²) in [6.45, 7) is 0. The van der Waals surface area contributed by atoms with Gasteiger partial charge in [0.05, 0.1) is 17.7 Å². The van der Waals surface area contributed by atoms with Gasteiger partial charge in [0.15, 0.2) is 0 Å². The van der Waals surface area contributed by atoms with Crippen LogP contribution in [0.15, 0.2) is 6.07 Å². The Balaban J connectivity index is 3.52. The Kier molecular flexibility index (Phi) is 4.10. The van der Waals surface area contributed by atoms with Crippen LogP contribution in [0.3, 0.4) is 0 Å². The highest BCUT2D eigenvalue weighted by molar-refractivity contribution is 6.32. The van der Waals surface area contributed by atoms with Crippen LogP contribution in [0.4, 0.5) is 22.0 Å². The van der Waals surface area contributed by atoms with Crippen LogP contribution in [-0.4, -0.2) is 18.1 Å². The zero-order valence-corrected chi connectivity index (χ0v) is 9.44. The highest BCUT2D eigenvalue weighted by atomic mass is 35.5. The lowest BCUT2D eigenvalue weighted by atomic mass is 10.1. The zero-order valence-electron chi connectivity index (χ0n) is 8.69. The normalized spacial score (nSPS) is 11.8. The number of hydrogen-bond acceptors (Lipinski definition) is 3. The van der Waals surface area contributed by atoms with E-state index in [4.69, 9.17) is 11.6 Å². The van der Waals surface area contributed by atoms with Crippen LogP contribution < -0.4 is 0 Å². The molecular formula is C9H5ClF5NO2. The quantitative estimate of drug-likeness (QED) is 0.618. The Hall–Kier alpha value is -1.44. The highest BCUT2D eigenvalue weighted by Crippen LogP contribution is 2.38. The molecule has 0 bridgehead atoms. The third-order valence-corrected chi connectivity index (χ3v) is 2.29. The number of rotatable bonds is 2. The molecule has 1 aromatic rings. The molecule has 0 amide bonds. The zero-order chi connectivity index (χ0) is 14.1. The first-order valence-corrected chi connectivity index (χ1v) is 4.70. The van der Waals surface area contributed by atoms with Crippen molar-refractivity contribution in [3.05, 3.63) is 28.0 Å².